The van der Waals surface area contributed by atoms with Crippen LogP contribution in [0.5, 0.6) is 0 Å². The van der Waals surface area contributed by atoms with Crippen LogP contribution in [0.1, 0.15) is 23.7 Å². The van der Waals surface area contributed by atoms with E-state index >= 15 is 0 Å². The van der Waals surface area contributed by atoms with Gasteiger partial charge >= 0.3 is 0 Å². The molecule has 0 aliphatic rings. The van der Waals surface area contributed by atoms with Gasteiger partial charge in [-0.2, -0.15) is 0 Å². The molecular formula is C11H15BrN2O2. The van der Waals surface area contributed by atoms with Crippen LogP contribution in [0.3, 0.4) is 0 Å². The van der Waals surface area contributed by atoms with Crippen LogP contribution < -0.4 is 11.1 Å². The Balaban J connectivity index is 2.76. The molecule has 0 unspecified atom stereocenters. The van der Waals surface area contributed by atoms with E-state index in [0.29, 0.717) is 22.1 Å². The zero-order valence-corrected chi connectivity index (χ0v) is 10.6. The number of rotatable bonds is 4. The number of carbonyl (C=O) groups excluding carboxylic acids is 1. The van der Waals surface area contributed by atoms with Crippen molar-refractivity contribution < 1.29 is 9.90 Å². The van der Waals surface area contributed by atoms with Crippen molar-refractivity contribution >= 4 is 27.5 Å². The summed E-state index contributed by atoms with van der Waals surface area (Å²) in [5, 5.41) is 11.7. The van der Waals surface area contributed by atoms with Gasteiger partial charge in [-0.3, -0.25) is 4.79 Å². The highest BCUT2D eigenvalue weighted by Gasteiger charge is 2.11. The molecule has 4 N–H and O–H groups in total. The zero-order valence-electron chi connectivity index (χ0n) is 9.03. The average Bonchev–Trinajstić information content (AvgIpc) is 2.29. The van der Waals surface area contributed by atoms with Crippen molar-refractivity contribution in [2.24, 2.45) is 0 Å². The minimum absolute atomic E-state index is 0.0572. The van der Waals surface area contributed by atoms with E-state index < -0.39 is 0 Å². The molecule has 1 atom stereocenters. The molecule has 0 radical (unpaired) electrons. The minimum Gasteiger partial charge on any atom is -0.398 e. The quantitative estimate of drug-likeness (QED) is 0.735. The molecule has 0 aromatic heterocycles. The van der Waals surface area contributed by atoms with Crippen molar-refractivity contribution in [3.05, 3.63) is 28.2 Å². The van der Waals surface area contributed by atoms with Crippen LogP contribution in [-0.4, -0.2) is 23.7 Å². The number of hydrogen-bond acceptors (Lipinski definition) is 3. The highest BCUT2D eigenvalue weighted by atomic mass is 79.9. The van der Waals surface area contributed by atoms with Crippen molar-refractivity contribution in [1.29, 1.82) is 0 Å². The number of halogens is 1. The third kappa shape index (κ3) is 3.21. The molecule has 0 bridgehead atoms. The van der Waals surface area contributed by atoms with E-state index in [-0.39, 0.29) is 18.6 Å². The molecule has 16 heavy (non-hydrogen) atoms. The van der Waals surface area contributed by atoms with E-state index in [2.05, 4.69) is 21.2 Å². The number of nitrogens with one attached hydrogen (secondary N) is 1. The lowest BCUT2D eigenvalue weighted by atomic mass is 10.1. The number of nitrogens with two attached hydrogens (primary N) is 1. The number of aliphatic hydroxyl groups excluding tert-OH is 1. The summed E-state index contributed by atoms with van der Waals surface area (Å²) < 4.78 is 0.692. The third-order valence-corrected chi connectivity index (χ3v) is 3.00. The van der Waals surface area contributed by atoms with Crippen LogP contribution >= 0.6 is 15.9 Å². The third-order valence-electron chi connectivity index (χ3n) is 2.31. The molecule has 1 rings (SSSR count). The fourth-order valence-corrected chi connectivity index (χ4v) is 1.59. The van der Waals surface area contributed by atoms with Gasteiger partial charge in [0.05, 0.1) is 12.6 Å². The topological polar surface area (TPSA) is 75.3 Å². The maximum absolute atomic E-state index is 11.8. The van der Waals surface area contributed by atoms with Gasteiger partial charge in [0.1, 0.15) is 0 Å². The number of amides is 1. The van der Waals surface area contributed by atoms with E-state index in [1.807, 2.05) is 6.92 Å². The first-order chi connectivity index (χ1) is 7.58. The largest absolute Gasteiger partial charge is 0.398 e. The monoisotopic (exact) mass is 286 g/mol. The van der Waals surface area contributed by atoms with Gasteiger partial charge in [-0.25, -0.2) is 0 Å². The van der Waals surface area contributed by atoms with Gasteiger partial charge in [-0.05, 0) is 40.5 Å². The van der Waals surface area contributed by atoms with Gasteiger partial charge in [0.2, 0.25) is 0 Å². The van der Waals surface area contributed by atoms with Crippen molar-refractivity contribution in [3.63, 3.8) is 0 Å². The zero-order chi connectivity index (χ0) is 12.1. The number of carbonyl (C=O) groups is 1. The molecular weight excluding hydrogens is 272 g/mol. The summed E-state index contributed by atoms with van der Waals surface area (Å²) in [6.45, 7) is 1.85. The highest BCUT2D eigenvalue weighted by Crippen LogP contribution is 2.20. The lowest BCUT2D eigenvalue weighted by Crippen LogP contribution is -2.36. The van der Waals surface area contributed by atoms with Crippen LogP contribution in [0.15, 0.2) is 22.7 Å². The summed E-state index contributed by atoms with van der Waals surface area (Å²) in [5.41, 5.74) is 6.73. The molecule has 0 spiro atoms. The molecule has 1 amide bonds. The first-order valence-electron chi connectivity index (χ1n) is 5.05. The van der Waals surface area contributed by atoms with Crippen LogP contribution in [0.4, 0.5) is 5.69 Å². The number of hydrogen-bond donors (Lipinski definition) is 3. The molecule has 5 heteroatoms. The summed E-state index contributed by atoms with van der Waals surface area (Å²) in [4.78, 5) is 11.8. The second-order valence-electron chi connectivity index (χ2n) is 3.50. The Bertz CT molecular complexity index is 378. The molecule has 0 fully saturated rings. The lowest BCUT2D eigenvalue weighted by Gasteiger charge is -2.14. The Kier molecular flexibility index (Phi) is 4.76. The fraction of sp³-hybridized carbons (Fsp3) is 0.364. The van der Waals surface area contributed by atoms with E-state index in [1.165, 1.54) is 0 Å². The normalized spacial score (nSPS) is 12.2. The van der Waals surface area contributed by atoms with Gasteiger partial charge in [0.25, 0.3) is 5.91 Å². The predicted molar refractivity (Wildman–Crippen MR) is 67.2 cm³/mol. The standard InChI is InChI=1S/C11H15BrN2O2/c1-2-8(6-15)14-11(16)7-3-4-10(13)9(12)5-7/h3-5,8,15H,2,6,13H2,1H3,(H,14,16)/t8-/m0/s1. The maximum Gasteiger partial charge on any atom is 0.251 e. The van der Waals surface area contributed by atoms with Gasteiger partial charge < -0.3 is 16.2 Å². The molecule has 0 saturated carbocycles. The Morgan fingerprint density at radius 2 is 2.31 bits per heavy atom. The van der Waals surface area contributed by atoms with Crippen molar-refractivity contribution in [3.8, 4) is 0 Å². The van der Waals surface area contributed by atoms with Crippen LogP contribution in [-0.2, 0) is 0 Å². The number of anilines is 1. The van der Waals surface area contributed by atoms with Crippen molar-refractivity contribution in [1.82, 2.24) is 5.32 Å². The average molecular weight is 287 g/mol. The molecule has 88 valence electrons. The first-order valence-corrected chi connectivity index (χ1v) is 5.84. The Morgan fingerprint density at radius 3 is 2.81 bits per heavy atom. The molecule has 0 aliphatic heterocycles. The van der Waals surface area contributed by atoms with E-state index in [1.54, 1.807) is 18.2 Å². The SMILES string of the molecule is CC[C@@H](CO)NC(=O)c1ccc(N)c(Br)c1. The van der Waals surface area contributed by atoms with Crippen LogP contribution in [0.25, 0.3) is 0 Å². The summed E-state index contributed by atoms with van der Waals surface area (Å²) in [6.07, 6.45) is 0.693. The molecule has 0 saturated heterocycles. The van der Waals surface area contributed by atoms with Crippen molar-refractivity contribution in [2.75, 3.05) is 12.3 Å². The van der Waals surface area contributed by atoms with E-state index in [0.717, 1.165) is 0 Å². The summed E-state index contributed by atoms with van der Waals surface area (Å²) in [6, 6.07) is 4.77. The maximum atomic E-state index is 11.8. The fourth-order valence-electron chi connectivity index (χ4n) is 1.21. The summed E-state index contributed by atoms with van der Waals surface area (Å²) in [5.74, 6) is -0.207. The van der Waals surface area contributed by atoms with Gasteiger partial charge in [0.15, 0.2) is 0 Å². The number of aliphatic hydroxyl groups is 1. The predicted octanol–water partition coefficient (Wildman–Crippen LogP) is 1.53. The molecule has 0 heterocycles. The van der Waals surface area contributed by atoms with E-state index in [9.17, 15) is 4.79 Å². The Hall–Kier alpha value is -1.07. The molecule has 1 aromatic rings. The van der Waals surface area contributed by atoms with Gasteiger partial charge in [-0.1, -0.05) is 6.92 Å². The van der Waals surface area contributed by atoms with Crippen molar-refractivity contribution in [2.45, 2.75) is 19.4 Å². The smallest absolute Gasteiger partial charge is 0.251 e. The second kappa shape index (κ2) is 5.86. The minimum atomic E-state index is -0.207. The molecule has 0 aliphatic carbocycles. The lowest BCUT2D eigenvalue weighted by molar-refractivity contribution is 0.0915. The Labute approximate surface area is 103 Å². The van der Waals surface area contributed by atoms with Crippen LogP contribution in [0, 0.1) is 0 Å². The number of benzene rings is 1. The first kappa shape index (κ1) is 13.0. The molecule has 4 nitrogen and oxygen atoms in total. The summed E-state index contributed by atoms with van der Waals surface area (Å²) in [7, 11) is 0. The van der Waals surface area contributed by atoms with Crippen LogP contribution in [0.2, 0.25) is 0 Å². The number of nitrogen functional groups attached to an aromatic ring is 1. The van der Waals surface area contributed by atoms with Gasteiger partial charge in [0, 0.05) is 15.7 Å². The molecule has 1 aromatic carbocycles. The Morgan fingerprint density at radius 1 is 1.62 bits per heavy atom. The van der Waals surface area contributed by atoms with E-state index in [4.69, 9.17) is 10.8 Å². The van der Waals surface area contributed by atoms with Gasteiger partial charge in [-0.15, -0.1) is 0 Å². The highest BCUT2D eigenvalue weighted by molar-refractivity contribution is 9.10. The summed E-state index contributed by atoms with van der Waals surface area (Å²) >= 11 is 3.26. The second-order valence-corrected chi connectivity index (χ2v) is 4.35.